The smallest absolute Gasteiger partial charge is 0.252 e. The Bertz CT molecular complexity index is 669. The molecule has 6 heteroatoms. The van der Waals surface area contributed by atoms with Crippen LogP contribution in [0.1, 0.15) is 22.3 Å². The van der Waals surface area contributed by atoms with E-state index in [1.54, 1.807) is 19.4 Å². The van der Waals surface area contributed by atoms with Crippen molar-refractivity contribution in [3.63, 3.8) is 0 Å². The molecular weight excluding hydrogens is 328 g/mol. The van der Waals surface area contributed by atoms with E-state index in [2.05, 4.69) is 34.6 Å². The van der Waals surface area contributed by atoms with Crippen molar-refractivity contribution in [1.82, 2.24) is 15.2 Å². The van der Waals surface area contributed by atoms with Crippen molar-refractivity contribution < 1.29 is 9.53 Å². The number of nitrogens with one attached hydrogen (secondary N) is 2. The van der Waals surface area contributed by atoms with Crippen molar-refractivity contribution >= 4 is 11.7 Å². The minimum atomic E-state index is -0.106. The summed E-state index contributed by atoms with van der Waals surface area (Å²) in [7, 11) is 5.76. The first kappa shape index (κ1) is 19.7. The monoisotopic (exact) mass is 356 g/mol. The molecule has 0 fully saturated rings. The van der Waals surface area contributed by atoms with Crippen LogP contribution in [0.4, 0.5) is 5.82 Å². The van der Waals surface area contributed by atoms with Gasteiger partial charge in [-0.25, -0.2) is 4.98 Å². The van der Waals surface area contributed by atoms with Crippen LogP contribution in [-0.4, -0.2) is 56.6 Å². The van der Waals surface area contributed by atoms with Gasteiger partial charge in [0.1, 0.15) is 11.6 Å². The average Bonchev–Trinajstić information content (AvgIpc) is 2.66. The second-order valence-corrected chi connectivity index (χ2v) is 6.37. The average molecular weight is 356 g/mol. The molecule has 0 bridgehead atoms. The van der Waals surface area contributed by atoms with Gasteiger partial charge in [-0.1, -0.05) is 12.1 Å². The molecule has 0 unspecified atom stereocenters. The van der Waals surface area contributed by atoms with Crippen LogP contribution in [0.25, 0.3) is 0 Å². The molecule has 1 amide bonds. The number of hydrogen-bond acceptors (Lipinski definition) is 5. The lowest BCUT2D eigenvalue weighted by Gasteiger charge is -2.10. The Labute approximate surface area is 155 Å². The Morgan fingerprint density at radius 3 is 2.50 bits per heavy atom. The number of carbonyl (C=O) groups excluding carboxylic acids is 1. The first-order valence-electron chi connectivity index (χ1n) is 8.84. The van der Waals surface area contributed by atoms with Gasteiger partial charge in [0.15, 0.2) is 0 Å². The molecule has 0 aliphatic carbocycles. The second-order valence-electron chi connectivity index (χ2n) is 6.37. The van der Waals surface area contributed by atoms with E-state index in [1.165, 1.54) is 0 Å². The standard InChI is InChI=1S/C20H28N4O2/c1-24(2)14-4-12-21-19-10-7-17(15-23-19)20(25)22-13-11-16-5-8-18(26-3)9-6-16/h5-10,15H,4,11-14H2,1-3H3,(H,21,23)(H,22,25). The van der Waals surface area contributed by atoms with Crippen LogP contribution < -0.4 is 15.4 Å². The fourth-order valence-electron chi connectivity index (χ4n) is 2.46. The number of rotatable bonds is 10. The van der Waals surface area contributed by atoms with Crippen LogP contribution in [0.3, 0.4) is 0 Å². The highest BCUT2D eigenvalue weighted by molar-refractivity contribution is 5.94. The minimum Gasteiger partial charge on any atom is -0.497 e. The maximum atomic E-state index is 12.2. The molecule has 1 aromatic heterocycles. The summed E-state index contributed by atoms with van der Waals surface area (Å²) in [5.41, 5.74) is 1.72. The quantitative estimate of drug-likeness (QED) is 0.640. The number of benzene rings is 1. The van der Waals surface area contributed by atoms with E-state index in [9.17, 15) is 4.79 Å². The number of ether oxygens (including phenoxy) is 1. The number of methoxy groups -OCH3 is 1. The predicted molar refractivity (Wildman–Crippen MR) is 105 cm³/mol. The number of carbonyl (C=O) groups is 1. The van der Waals surface area contributed by atoms with Gasteiger partial charge in [0.05, 0.1) is 12.7 Å². The molecule has 0 spiro atoms. The summed E-state index contributed by atoms with van der Waals surface area (Å²) in [6, 6.07) is 11.5. The largest absolute Gasteiger partial charge is 0.497 e. The van der Waals surface area contributed by atoms with Gasteiger partial charge in [-0.2, -0.15) is 0 Å². The second kappa shape index (κ2) is 10.4. The summed E-state index contributed by atoms with van der Waals surface area (Å²) in [6.45, 7) is 2.47. The summed E-state index contributed by atoms with van der Waals surface area (Å²) < 4.78 is 5.14. The summed E-state index contributed by atoms with van der Waals surface area (Å²) >= 11 is 0. The molecule has 0 saturated heterocycles. The van der Waals surface area contributed by atoms with E-state index in [0.29, 0.717) is 12.1 Å². The maximum Gasteiger partial charge on any atom is 0.252 e. The lowest BCUT2D eigenvalue weighted by Crippen LogP contribution is -2.25. The molecule has 6 nitrogen and oxygen atoms in total. The van der Waals surface area contributed by atoms with Crippen molar-refractivity contribution in [2.75, 3.05) is 46.2 Å². The zero-order chi connectivity index (χ0) is 18.8. The Morgan fingerprint density at radius 1 is 1.12 bits per heavy atom. The van der Waals surface area contributed by atoms with E-state index in [4.69, 9.17) is 4.74 Å². The van der Waals surface area contributed by atoms with E-state index in [0.717, 1.165) is 43.1 Å². The molecule has 1 aromatic carbocycles. The Kier molecular flexibility index (Phi) is 7.89. The summed E-state index contributed by atoms with van der Waals surface area (Å²) in [5.74, 6) is 1.52. The molecule has 0 radical (unpaired) electrons. The van der Waals surface area contributed by atoms with Gasteiger partial charge in [-0.05, 0) is 63.3 Å². The van der Waals surface area contributed by atoms with Crippen LogP contribution in [0.2, 0.25) is 0 Å². The van der Waals surface area contributed by atoms with Gasteiger partial charge in [0.25, 0.3) is 5.91 Å². The van der Waals surface area contributed by atoms with Crippen LogP contribution in [-0.2, 0) is 6.42 Å². The number of amides is 1. The first-order valence-corrected chi connectivity index (χ1v) is 8.84. The summed E-state index contributed by atoms with van der Waals surface area (Å²) in [5, 5.41) is 6.18. The van der Waals surface area contributed by atoms with E-state index >= 15 is 0 Å². The lowest BCUT2D eigenvalue weighted by atomic mass is 10.1. The molecule has 0 aliphatic heterocycles. The molecule has 2 rings (SSSR count). The summed E-state index contributed by atoms with van der Waals surface area (Å²) in [4.78, 5) is 18.6. The van der Waals surface area contributed by atoms with Crippen molar-refractivity contribution in [1.29, 1.82) is 0 Å². The van der Waals surface area contributed by atoms with E-state index < -0.39 is 0 Å². The summed E-state index contributed by atoms with van der Waals surface area (Å²) in [6.07, 6.45) is 3.42. The fraction of sp³-hybridized carbons (Fsp3) is 0.400. The highest BCUT2D eigenvalue weighted by atomic mass is 16.5. The van der Waals surface area contributed by atoms with E-state index in [-0.39, 0.29) is 5.91 Å². The van der Waals surface area contributed by atoms with Gasteiger partial charge in [-0.15, -0.1) is 0 Å². The molecule has 0 aliphatic rings. The van der Waals surface area contributed by atoms with E-state index in [1.807, 2.05) is 30.3 Å². The van der Waals surface area contributed by atoms with Crippen molar-refractivity contribution in [2.45, 2.75) is 12.8 Å². The molecule has 2 N–H and O–H groups in total. The number of anilines is 1. The number of pyridine rings is 1. The molecule has 26 heavy (non-hydrogen) atoms. The number of aromatic nitrogens is 1. The molecule has 0 saturated carbocycles. The highest BCUT2D eigenvalue weighted by Gasteiger charge is 2.06. The van der Waals surface area contributed by atoms with Crippen molar-refractivity contribution in [2.24, 2.45) is 0 Å². The van der Waals surface area contributed by atoms with Gasteiger partial charge < -0.3 is 20.3 Å². The topological polar surface area (TPSA) is 66.5 Å². The third-order valence-corrected chi connectivity index (χ3v) is 3.97. The number of nitrogens with zero attached hydrogens (tertiary/aromatic N) is 2. The SMILES string of the molecule is COc1ccc(CCNC(=O)c2ccc(NCCCN(C)C)nc2)cc1. The Balaban J connectivity index is 1.73. The zero-order valence-electron chi connectivity index (χ0n) is 15.8. The Morgan fingerprint density at radius 2 is 1.88 bits per heavy atom. The third-order valence-electron chi connectivity index (χ3n) is 3.97. The maximum absolute atomic E-state index is 12.2. The lowest BCUT2D eigenvalue weighted by molar-refractivity contribution is 0.0954. The van der Waals surface area contributed by atoms with Crippen LogP contribution in [0, 0.1) is 0 Å². The molecular formula is C20H28N4O2. The number of hydrogen-bond donors (Lipinski definition) is 2. The van der Waals surface area contributed by atoms with Crippen LogP contribution in [0.15, 0.2) is 42.6 Å². The van der Waals surface area contributed by atoms with Crippen LogP contribution >= 0.6 is 0 Å². The normalized spacial score (nSPS) is 10.6. The third kappa shape index (κ3) is 6.72. The van der Waals surface area contributed by atoms with Gasteiger partial charge in [0.2, 0.25) is 0 Å². The van der Waals surface area contributed by atoms with Crippen molar-refractivity contribution in [3.05, 3.63) is 53.7 Å². The molecule has 2 aromatic rings. The fourth-order valence-corrected chi connectivity index (χ4v) is 2.46. The zero-order valence-corrected chi connectivity index (χ0v) is 15.8. The highest BCUT2D eigenvalue weighted by Crippen LogP contribution is 2.11. The molecule has 140 valence electrons. The first-order chi connectivity index (χ1) is 12.6. The molecule has 0 atom stereocenters. The van der Waals surface area contributed by atoms with Crippen molar-refractivity contribution in [3.8, 4) is 5.75 Å². The Hall–Kier alpha value is -2.60. The van der Waals surface area contributed by atoms with Gasteiger partial charge in [-0.3, -0.25) is 4.79 Å². The minimum absolute atomic E-state index is 0.106. The predicted octanol–water partition coefficient (Wildman–Crippen LogP) is 2.43. The van der Waals surface area contributed by atoms with Gasteiger partial charge in [0, 0.05) is 19.3 Å². The van der Waals surface area contributed by atoms with Gasteiger partial charge >= 0.3 is 0 Å². The van der Waals surface area contributed by atoms with Crippen LogP contribution in [0.5, 0.6) is 5.75 Å². The molecule has 1 heterocycles.